The molecule has 0 saturated heterocycles. The second-order valence-corrected chi connectivity index (χ2v) is 6.65. The SMILES string of the molecule is CC(C=CCC(C)CC(C)C(C)C)=CC(=O)C(C)C. The fourth-order valence-corrected chi connectivity index (χ4v) is 1.93. The molecule has 0 rings (SSSR count). The van der Waals surface area contributed by atoms with Gasteiger partial charge in [0.15, 0.2) is 5.78 Å². The van der Waals surface area contributed by atoms with Gasteiger partial charge in [0.25, 0.3) is 0 Å². The van der Waals surface area contributed by atoms with Crippen LogP contribution in [0.4, 0.5) is 0 Å². The molecule has 0 fully saturated rings. The van der Waals surface area contributed by atoms with Crippen LogP contribution >= 0.6 is 0 Å². The van der Waals surface area contributed by atoms with Crippen molar-refractivity contribution in [2.24, 2.45) is 23.7 Å². The average Bonchev–Trinajstić information content (AvgIpc) is 2.28. The molecule has 1 heteroatoms. The lowest BCUT2D eigenvalue weighted by Crippen LogP contribution is -2.08. The Balaban J connectivity index is 4.18. The standard InChI is InChI=1S/C18H32O/c1-13(2)17(7)11-15(5)9-8-10-16(6)12-18(19)14(3)4/h8,10,12-15,17H,9,11H2,1-7H3. The van der Waals surface area contributed by atoms with E-state index in [1.54, 1.807) is 6.08 Å². The van der Waals surface area contributed by atoms with Gasteiger partial charge in [0.2, 0.25) is 0 Å². The summed E-state index contributed by atoms with van der Waals surface area (Å²) in [5.74, 6) is 2.55. The van der Waals surface area contributed by atoms with Crippen LogP contribution < -0.4 is 0 Å². The van der Waals surface area contributed by atoms with Crippen LogP contribution in [-0.4, -0.2) is 5.78 Å². The van der Waals surface area contributed by atoms with Crippen LogP contribution in [0.1, 0.15) is 61.3 Å². The van der Waals surface area contributed by atoms with Crippen LogP contribution in [-0.2, 0) is 4.79 Å². The van der Waals surface area contributed by atoms with Crippen molar-refractivity contribution in [3.05, 3.63) is 23.8 Å². The summed E-state index contributed by atoms with van der Waals surface area (Å²) in [5, 5.41) is 0. The van der Waals surface area contributed by atoms with Crippen LogP contribution in [0.5, 0.6) is 0 Å². The van der Waals surface area contributed by atoms with Crippen molar-refractivity contribution in [2.45, 2.75) is 61.3 Å². The van der Waals surface area contributed by atoms with Gasteiger partial charge in [-0.25, -0.2) is 0 Å². The summed E-state index contributed by atoms with van der Waals surface area (Å²) in [7, 11) is 0. The monoisotopic (exact) mass is 264 g/mol. The number of allylic oxidation sites excluding steroid dienone is 4. The maximum Gasteiger partial charge on any atom is 0.158 e. The zero-order valence-electron chi connectivity index (χ0n) is 13.9. The summed E-state index contributed by atoms with van der Waals surface area (Å²) < 4.78 is 0. The van der Waals surface area contributed by atoms with Crippen molar-refractivity contribution in [2.75, 3.05) is 0 Å². The topological polar surface area (TPSA) is 17.1 Å². The summed E-state index contributed by atoms with van der Waals surface area (Å²) in [6.45, 7) is 15.1. The van der Waals surface area contributed by atoms with Gasteiger partial charge in [0.05, 0.1) is 0 Å². The first-order valence-corrected chi connectivity index (χ1v) is 7.62. The molecule has 0 saturated carbocycles. The van der Waals surface area contributed by atoms with Gasteiger partial charge in [-0.1, -0.05) is 53.7 Å². The van der Waals surface area contributed by atoms with E-state index in [9.17, 15) is 4.79 Å². The quantitative estimate of drug-likeness (QED) is 0.422. The van der Waals surface area contributed by atoms with E-state index in [1.165, 1.54) is 6.42 Å². The van der Waals surface area contributed by atoms with Gasteiger partial charge >= 0.3 is 0 Å². The molecule has 2 atom stereocenters. The number of ketones is 1. The highest BCUT2D eigenvalue weighted by molar-refractivity contribution is 5.92. The molecule has 0 amide bonds. The molecule has 0 spiro atoms. The molecule has 0 aromatic carbocycles. The Morgan fingerprint density at radius 2 is 1.63 bits per heavy atom. The lowest BCUT2D eigenvalue weighted by molar-refractivity contribution is -0.117. The van der Waals surface area contributed by atoms with Crippen molar-refractivity contribution < 1.29 is 4.79 Å². The highest BCUT2D eigenvalue weighted by Crippen LogP contribution is 2.21. The van der Waals surface area contributed by atoms with Crippen molar-refractivity contribution in [3.63, 3.8) is 0 Å². The van der Waals surface area contributed by atoms with Gasteiger partial charge in [0, 0.05) is 5.92 Å². The van der Waals surface area contributed by atoms with Crippen LogP contribution in [0.25, 0.3) is 0 Å². The fourth-order valence-electron chi connectivity index (χ4n) is 1.93. The molecule has 0 aliphatic heterocycles. The average molecular weight is 264 g/mol. The molecule has 1 nitrogen and oxygen atoms in total. The first-order valence-electron chi connectivity index (χ1n) is 7.62. The summed E-state index contributed by atoms with van der Waals surface area (Å²) in [6.07, 6.45) is 8.41. The number of carbonyl (C=O) groups excluding carboxylic acids is 1. The van der Waals surface area contributed by atoms with E-state index in [-0.39, 0.29) is 11.7 Å². The Kier molecular flexibility index (Phi) is 8.71. The lowest BCUT2D eigenvalue weighted by atomic mass is 9.87. The summed E-state index contributed by atoms with van der Waals surface area (Å²) >= 11 is 0. The van der Waals surface area contributed by atoms with Crippen molar-refractivity contribution in [1.29, 1.82) is 0 Å². The minimum atomic E-state index is 0.0918. The minimum Gasteiger partial charge on any atom is -0.295 e. The molecule has 0 bridgehead atoms. The molecule has 2 unspecified atom stereocenters. The Hall–Kier alpha value is -0.850. The second-order valence-electron chi connectivity index (χ2n) is 6.65. The molecule has 0 N–H and O–H groups in total. The highest BCUT2D eigenvalue weighted by Gasteiger charge is 2.10. The Morgan fingerprint density at radius 3 is 2.11 bits per heavy atom. The first-order chi connectivity index (χ1) is 8.73. The molecule has 0 aromatic rings. The number of carbonyl (C=O) groups is 1. The molecule has 0 heterocycles. The molecular weight excluding hydrogens is 232 g/mol. The van der Waals surface area contributed by atoms with E-state index in [4.69, 9.17) is 0 Å². The Labute approximate surface area is 120 Å². The van der Waals surface area contributed by atoms with Crippen LogP contribution in [0.15, 0.2) is 23.8 Å². The Morgan fingerprint density at radius 1 is 1.05 bits per heavy atom. The third-order valence-corrected chi connectivity index (χ3v) is 3.77. The predicted octanol–water partition coefficient (Wildman–Crippen LogP) is 5.42. The fraction of sp³-hybridized carbons (Fsp3) is 0.722. The summed E-state index contributed by atoms with van der Waals surface area (Å²) in [6, 6.07) is 0. The molecular formula is C18H32O. The smallest absolute Gasteiger partial charge is 0.158 e. The third-order valence-electron chi connectivity index (χ3n) is 3.77. The zero-order valence-corrected chi connectivity index (χ0v) is 13.9. The van der Waals surface area contributed by atoms with Crippen molar-refractivity contribution >= 4 is 5.78 Å². The largest absolute Gasteiger partial charge is 0.295 e. The van der Waals surface area contributed by atoms with E-state index < -0.39 is 0 Å². The van der Waals surface area contributed by atoms with E-state index >= 15 is 0 Å². The maximum absolute atomic E-state index is 11.6. The number of rotatable bonds is 8. The minimum absolute atomic E-state index is 0.0918. The van der Waals surface area contributed by atoms with E-state index in [1.807, 2.05) is 20.8 Å². The van der Waals surface area contributed by atoms with Crippen LogP contribution in [0.2, 0.25) is 0 Å². The highest BCUT2D eigenvalue weighted by atomic mass is 16.1. The van der Waals surface area contributed by atoms with Gasteiger partial charge in [-0.05, 0) is 49.2 Å². The van der Waals surface area contributed by atoms with E-state index in [0.29, 0.717) is 5.92 Å². The van der Waals surface area contributed by atoms with Crippen LogP contribution in [0, 0.1) is 23.7 Å². The maximum atomic E-state index is 11.6. The van der Waals surface area contributed by atoms with Crippen LogP contribution in [0.3, 0.4) is 0 Å². The molecule has 19 heavy (non-hydrogen) atoms. The first kappa shape index (κ1) is 18.1. The van der Waals surface area contributed by atoms with Gasteiger partial charge in [-0.3, -0.25) is 4.79 Å². The van der Waals surface area contributed by atoms with Gasteiger partial charge in [-0.15, -0.1) is 0 Å². The lowest BCUT2D eigenvalue weighted by Gasteiger charge is -2.19. The number of hydrogen-bond donors (Lipinski definition) is 0. The summed E-state index contributed by atoms with van der Waals surface area (Å²) in [4.78, 5) is 11.6. The third kappa shape index (κ3) is 8.80. The zero-order chi connectivity index (χ0) is 15.0. The van der Waals surface area contributed by atoms with Gasteiger partial charge in [-0.2, -0.15) is 0 Å². The van der Waals surface area contributed by atoms with Gasteiger partial charge < -0.3 is 0 Å². The molecule has 110 valence electrons. The molecule has 0 radical (unpaired) electrons. The molecule has 0 aliphatic rings. The Bertz CT molecular complexity index is 321. The predicted molar refractivity (Wildman–Crippen MR) is 85.1 cm³/mol. The summed E-state index contributed by atoms with van der Waals surface area (Å²) in [5.41, 5.74) is 1.06. The normalized spacial score (nSPS) is 16.4. The second kappa shape index (κ2) is 9.12. The molecule has 0 aromatic heterocycles. The van der Waals surface area contributed by atoms with E-state index in [2.05, 4.69) is 39.8 Å². The molecule has 0 aliphatic carbocycles. The van der Waals surface area contributed by atoms with E-state index in [0.717, 1.165) is 23.8 Å². The number of hydrogen-bond acceptors (Lipinski definition) is 1. The van der Waals surface area contributed by atoms with Crippen molar-refractivity contribution in [1.82, 2.24) is 0 Å². The van der Waals surface area contributed by atoms with Crippen molar-refractivity contribution in [3.8, 4) is 0 Å². The van der Waals surface area contributed by atoms with Gasteiger partial charge in [0.1, 0.15) is 0 Å².